The van der Waals surface area contributed by atoms with Gasteiger partial charge in [-0.3, -0.25) is 5.10 Å². The summed E-state index contributed by atoms with van der Waals surface area (Å²) in [5, 5.41) is 10.7. The Kier molecular flexibility index (Phi) is 5.86. The van der Waals surface area contributed by atoms with Gasteiger partial charge in [-0.05, 0) is 18.1 Å². The van der Waals surface area contributed by atoms with Gasteiger partial charge in [0.1, 0.15) is 5.69 Å². The fourth-order valence-electron chi connectivity index (χ4n) is 3.17. The Morgan fingerprint density at radius 1 is 1.24 bits per heavy atom. The minimum atomic E-state index is 0.401. The highest BCUT2D eigenvalue weighted by Crippen LogP contribution is 2.26. The third-order valence-electron chi connectivity index (χ3n) is 4.85. The number of allylic oxidation sites excluding steroid dienone is 1. The summed E-state index contributed by atoms with van der Waals surface area (Å²) in [4.78, 5) is 11.6. The minimum Gasteiger partial charge on any atom is -0.380 e. The van der Waals surface area contributed by atoms with E-state index < -0.39 is 0 Å². The first kappa shape index (κ1) is 19.1. The highest BCUT2D eigenvalue weighted by molar-refractivity contribution is 5.64. The van der Waals surface area contributed by atoms with Crippen LogP contribution in [0.5, 0.6) is 0 Å². The Morgan fingerprint density at radius 2 is 2.07 bits per heavy atom. The number of anilines is 3. The lowest BCUT2D eigenvalue weighted by molar-refractivity contribution is 0.00670. The number of nitrogens with zero attached hydrogens (tertiary/aromatic N) is 4. The fourth-order valence-corrected chi connectivity index (χ4v) is 3.17. The second-order valence-corrected chi connectivity index (χ2v) is 7.18. The van der Waals surface area contributed by atoms with E-state index in [1.54, 1.807) is 6.20 Å². The molecule has 3 aromatic rings. The number of aromatic nitrogens is 4. The zero-order chi connectivity index (χ0) is 20.1. The molecule has 7 heteroatoms. The Hall–Kier alpha value is -3.19. The molecule has 2 N–H and O–H groups in total. The van der Waals surface area contributed by atoms with Crippen LogP contribution in [0.15, 0.2) is 48.7 Å². The maximum atomic E-state index is 5.25. The standard InChI is InChI=1S/C22H26N6O/c1-3-4-10-18-22(28(2)13-16-8-6-5-7-9-16)25-21(12-23-18)24-20-11-19(26-27-20)17-14-29-15-17/h4-12,17H,3,13-15H2,1-2H3,(H2,24,25,26,27)/b10-4+. The van der Waals surface area contributed by atoms with E-state index >= 15 is 0 Å². The van der Waals surface area contributed by atoms with E-state index in [2.05, 4.69) is 50.5 Å². The van der Waals surface area contributed by atoms with Crippen LogP contribution in [-0.2, 0) is 11.3 Å². The maximum Gasteiger partial charge on any atom is 0.157 e. The molecule has 0 amide bonds. The number of nitrogens with one attached hydrogen (secondary N) is 2. The summed E-state index contributed by atoms with van der Waals surface area (Å²) >= 11 is 0. The summed E-state index contributed by atoms with van der Waals surface area (Å²) in [5.74, 6) is 2.62. The number of benzene rings is 1. The first-order chi connectivity index (χ1) is 14.2. The van der Waals surface area contributed by atoms with Gasteiger partial charge in [-0.15, -0.1) is 0 Å². The van der Waals surface area contributed by atoms with Crippen molar-refractivity contribution >= 4 is 23.5 Å². The van der Waals surface area contributed by atoms with Gasteiger partial charge in [0, 0.05) is 31.3 Å². The molecule has 1 aliphatic rings. The molecule has 0 aliphatic carbocycles. The highest BCUT2D eigenvalue weighted by Gasteiger charge is 2.22. The van der Waals surface area contributed by atoms with E-state index in [0.717, 1.165) is 49.2 Å². The molecule has 7 nitrogen and oxygen atoms in total. The van der Waals surface area contributed by atoms with E-state index in [1.807, 2.05) is 37.4 Å². The zero-order valence-corrected chi connectivity index (χ0v) is 16.8. The Bertz CT molecular complexity index is 964. The summed E-state index contributed by atoms with van der Waals surface area (Å²) in [7, 11) is 2.04. The van der Waals surface area contributed by atoms with Crippen molar-refractivity contribution in [1.82, 2.24) is 20.2 Å². The quantitative estimate of drug-likeness (QED) is 0.602. The number of hydrogen-bond acceptors (Lipinski definition) is 6. The van der Waals surface area contributed by atoms with Crippen molar-refractivity contribution in [3.05, 3.63) is 65.6 Å². The molecule has 0 atom stereocenters. The molecule has 4 rings (SSSR count). The molecule has 3 heterocycles. The maximum absolute atomic E-state index is 5.25. The van der Waals surface area contributed by atoms with Crippen molar-refractivity contribution in [3.63, 3.8) is 0 Å². The number of rotatable bonds is 8. The molecular weight excluding hydrogens is 364 g/mol. The van der Waals surface area contributed by atoms with Gasteiger partial charge in [-0.2, -0.15) is 5.10 Å². The van der Waals surface area contributed by atoms with Crippen LogP contribution in [-0.4, -0.2) is 40.4 Å². The highest BCUT2D eigenvalue weighted by atomic mass is 16.5. The van der Waals surface area contributed by atoms with Gasteiger partial charge in [0.15, 0.2) is 17.5 Å². The van der Waals surface area contributed by atoms with Gasteiger partial charge in [0.25, 0.3) is 0 Å². The predicted molar refractivity (Wildman–Crippen MR) is 115 cm³/mol. The second kappa shape index (κ2) is 8.87. The number of aromatic amines is 1. The number of hydrogen-bond donors (Lipinski definition) is 2. The molecule has 2 aromatic heterocycles. The first-order valence-corrected chi connectivity index (χ1v) is 9.91. The van der Waals surface area contributed by atoms with Crippen LogP contribution < -0.4 is 10.2 Å². The monoisotopic (exact) mass is 390 g/mol. The normalized spacial score (nSPS) is 14.1. The number of ether oxygens (including phenoxy) is 1. The smallest absolute Gasteiger partial charge is 0.157 e. The van der Waals surface area contributed by atoms with Crippen LogP contribution >= 0.6 is 0 Å². The molecule has 1 aliphatic heterocycles. The van der Waals surface area contributed by atoms with Gasteiger partial charge in [0.2, 0.25) is 0 Å². The second-order valence-electron chi connectivity index (χ2n) is 7.18. The molecule has 1 saturated heterocycles. The van der Waals surface area contributed by atoms with Crippen LogP contribution in [0.2, 0.25) is 0 Å². The van der Waals surface area contributed by atoms with E-state index in [0.29, 0.717) is 11.7 Å². The van der Waals surface area contributed by atoms with Crippen molar-refractivity contribution < 1.29 is 4.74 Å². The average Bonchev–Trinajstić information content (AvgIpc) is 3.14. The third-order valence-corrected chi connectivity index (χ3v) is 4.85. The summed E-state index contributed by atoms with van der Waals surface area (Å²) in [6.07, 6.45) is 6.81. The van der Waals surface area contributed by atoms with Gasteiger partial charge < -0.3 is 15.0 Å². The van der Waals surface area contributed by atoms with Gasteiger partial charge >= 0.3 is 0 Å². The molecule has 1 fully saturated rings. The SMILES string of the molecule is CC/C=C/c1ncc(Nc2cc(C3COC3)[nH]n2)nc1N(C)Cc1ccccc1. The molecule has 0 spiro atoms. The lowest BCUT2D eigenvalue weighted by Gasteiger charge is -2.24. The molecule has 0 saturated carbocycles. The Labute approximate surface area is 170 Å². The molecule has 150 valence electrons. The van der Waals surface area contributed by atoms with Crippen LogP contribution in [0.1, 0.15) is 36.2 Å². The van der Waals surface area contributed by atoms with Gasteiger partial charge in [0.05, 0.1) is 19.4 Å². The molecule has 29 heavy (non-hydrogen) atoms. The van der Waals surface area contributed by atoms with Crippen molar-refractivity contribution in [2.24, 2.45) is 0 Å². The van der Waals surface area contributed by atoms with E-state index in [1.165, 1.54) is 5.56 Å². The van der Waals surface area contributed by atoms with E-state index in [4.69, 9.17) is 9.72 Å². The van der Waals surface area contributed by atoms with Crippen molar-refractivity contribution in [2.75, 3.05) is 30.5 Å². The van der Waals surface area contributed by atoms with Crippen molar-refractivity contribution in [2.45, 2.75) is 25.8 Å². The summed E-state index contributed by atoms with van der Waals surface area (Å²) < 4.78 is 5.25. The van der Waals surface area contributed by atoms with Gasteiger partial charge in [-0.1, -0.05) is 43.3 Å². The summed E-state index contributed by atoms with van der Waals surface area (Å²) in [5.41, 5.74) is 3.15. The third kappa shape index (κ3) is 4.63. The van der Waals surface area contributed by atoms with E-state index in [-0.39, 0.29) is 0 Å². The lowest BCUT2D eigenvalue weighted by Crippen LogP contribution is -2.25. The van der Waals surface area contributed by atoms with Crippen LogP contribution in [0.3, 0.4) is 0 Å². The Balaban J connectivity index is 1.56. The predicted octanol–water partition coefficient (Wildman–Crippen LogP) is 4.12. The molecule has 0 unspecified atom stereocenters. The molecule has 0 radical (unpaired) electrons. The lowest BCUT2D eigenvalue weighted by atomic mass is 10.0. The number of H-pyrrole nitrogens is 1. The van der Waals surface area contributed by atoms with E-state index in [9.17, 15) is 0 Å². The van der Waals surface area contributed by atoms with Crippen LogP contribution in [0.4, 0.5) is 17.5 Å². The van der Waals surface area contributed by atoms with Crippen LogP contribution in [0, 0.1) is 0 Å². The van der Waals surface area contributed by atoms with Crippen molar-refractivity contribution in [3.8, 4) is 0 Å². The molecule has 1 aromatic carbocycles. The summed E-state index contributed by atoms with van der Waals surface area (Å²) in [6.45, 7) is 4.35. The topological polar surface area (TPSA) is 79.0 Å². The fraction of sp³-hybridized carbons (Fsp3) is 0.318. The van der Waals surface area contributed by atoms with Crippen molar-refractivity contribution in [1.29, 1.82) is 0 Å². The van der Waals surface area contributed by atoms with Gasteiger partial charge in [-0.25, -0.2) is 9.97 Å². The average molecular weight is 390 g/mol. The largest absolute Gasteiger partial charge is 0.380 e. The zero-order valence-electron chi connectivity index (χ0n) is 16.8. The molecular formula is C22H26N6O. The minimum absolute atomic E-state index is 0.401. The summed E-state index contributed by atoms with van der Waals surface area (Å²) in [6, 6.07) is 12.4. The van der Waals surface area contributed by atoms with Crippen LogP contribution in [0.25, 0.3) is 6.08 Å². The molecule has 0 bridgehead atoms. The first-order valence-electron chi connectivity index (χ1n) is 9.91. The Morgan fingerprint density at radius 3 is 2.79 bits per heavy atom.